The Hall–Kier alpha value is -4.26. The molecule has 1 aliphatic heterocycles. The smallest absolute Gasteiger partial charge is 0.291 e. The molecule has 0 spiro atoms. The third-order valence-corrected chi connectivity index (χ3v) is 8.05. The van der Waals surface area contributed by atoms with E-state index in [4.69, 9.17) is 4.42 Å². The van der Waals surface area contributed by atoms with E-state index in [2.05, 4.69) is 27.4 Å². The summed E-state index contributed by atoms with van der Waals surface area (Å²) in [5.41, 5.74) is 7.78. The number of furan rings is 1. The van der Waals surface area contributed by atoms with Crippen molar-refractivity contribution in [2.24, 2.45) is 0 Å². The molecule has 38 heavy (non-hydrogen) atoms. The molecule has 1 atom stereocenters. The van der Waals surface area contributed by atoms with Gasteiger partial charge in [-0.2, -0.15) is 0 Å². The number of likely N-dealkylation sites (N-methyl/N-ethyl adjacent to an activating group) is 1. The van der Waals surface area contributed by atoms with E-state index in [1.54, 1.807) is 30.6 Å². The fourth-order valence-corrected chi connectivity index (χ4v) is 6.11. The van der Waals surface area contributed by atoms with Gasteiger partial charge in [0.1, 0.15) is 6.04 Å². The number of benzene rings is 2. The van der Waals surface area contributed by atoms with Gasteiger partial charge in [-0.15, -0.1) is 0 Å². The molecule has 0 saturated heterocycles. The van der Waals surface area contributed by atoms with Gasteiger partial charge in [0.05, 0.1) is 22.8 Å². The monoisotopic (exact) mass is 506 g/mol. The van der Waals surface area contributed by atoms with Crippen molar-refractivity contribution in [3.8, 4) is 0 Å². The van der Waals surface area contributed by atoms with Crippen LogP contribution in [0.1, 0.15) is 53.1 Å². The Morgan fingerprint density at radius 2 is 1.84 bits per heavy atom. The van der Waals surface area contributed by atoms with Crippen molar-refractivity contribution in [1.82, 2.24) is 20.2 Å². The molecule has 0 bridgehead atoms. The number of aryl methyl sites for hydroxylation is 2. The van der Waals surface area contributed by atoms with Crippen LogP contribution in [-0.2, 0) is 24.1 Å². The van der Waals surface area contributed by atoms with Gasteiger partial charge >= 0.3 is 0 Å². The normalized spacial score (nSPS) is 17.9. The Labute approximate surface area is 221 Å². The highest BCUT2D eigenvalue weighted by Crippen LogP contribution is 2.48. The molecule has 192 valence electrons. The van der Waals surface area contributed by atoms with Crippen LogP contribution in [0, 0.1) is 0 Å². The maximum atomic E-state index is 14.2. The number of amides is 2. The summed E-state index contributed by atoms with van der Waals surface area (Å²) in [5, 5.41) is 2.79. The maximum Gasteiger partial charge on any atom is 0.291 e. The third-order valence-electron chi connectivity index (χ3n) is 8.05. The number of hydrogen-bond donors (Lipinski definition) is 1. The molecule has 1 aliphatic carbocycles. The number of fused-ring (bicyclic) bond motifs is 3. The van der Waals surface area contributed by atoms with Gasteiger partial charge < -0.3 is 14.6 Å². The number of nitrogens with zero attached hydrogens (tertiary/aromatic N) is 3. The Kier molecular flexibility index (Phi) is 5.86. The van der Waals surface area contributed by atoms with Gasteiger partial charge in [0, 0.05) is 31.4 Å². The third kappa shape index (κ3) is 3.90. The summed E-state index contributed by atoms with van der Waals surface area (Å²) in [4.78, 5) is 37.8. The SMILES string of the molecule is CNC(=O)[C@H]1CC2=C(Cc3ccccc32)C(C)(C)N1C(=O)c1occc1CCc1ccc2nccnc2c1. The molecule has 2 amide bonds. The Balaban J connectivity index is 1.31. The molecule has 7 nitrogen and oxygen atoms in total. The van der Waals surface area contributed by atoms with E-state index in [-0.39, 0.29) is 11.8 Å². The summed E-state index contributed by atoms with van der Waals surface area (Å²) in [7, 11) is 1.62. The van der Waals surface area contributed by atoms with E-state index in [1.807, 2.05) is 50.2 Å². The molecule has 7 heteroatoms. The second-order valence-corrected chi connectivity index (χ2v) is 10.5. The minimum Gasteiger partial charge on any atom is -0.459 e. The molecule has 2 aromatic carbocycles. The van der Waals surface area contributed by atoms with Crippen LogP contribution in [0.2, 0.25) is 0 Å². The second-order valence-electron chi connectivity index (χ2n) is 10.5. The van der Waals surface area contributed by atoms with Crippen molar-refractivity contribution >= 4 is 28.4 Å². The van der Waals surface area contributed by atoms with Gasteiger partial charge in [-0.05, 0) is 79.1 Å². The fourth-order valence-electron chi connectivity index (χ4n) is 6.11. The standard InChI is InChI=1S/C31H30N4O3/c1-31(2)24-17-21-6-4-5-7-22(21)23(24)18-27(29(36)32-3)35(31)30(37)28-20(12-15-38-28)10-8-19-9-11-25-26(16-19)34-14-13-33-25/h4-7,9,11-16,27H,8,10,17-18H2,1-3H3,(H,32,36)/t27-/m1/s1. The minimum absolute atomic E-state index is 0.173. The quantitative estimate of drug-likeness (QED) is 0.422. The van der Waals surface area contributed by atoms with Crippen LogP contribution in [0.15, 0.2) is 77.2 Å². The van der Waals surface area contributed by atoms with Crippen molar-refractivity contribution in [3.05, 3.63) is 101 Å². The first-order chi connectivity index (χ1) is 18.4. The Morgan fingerprint density at radius 1 is 1.05 bits per heavy atom. The lowest BCUT2D eigenvalue weighted by Crippen LogP contribution is -2.61. The number of nitrogens with one attached hydrogen (secondary N) is 1. The highest BCUT2D eigenvalue weighted by atomic mass is 16.3. The van der Waals surface area contributed by atoms with Crippen LogP contribution < -0.4 is 5.32 Å². The molecular formula is C31H30N4O3. The van der Waals surface area contributed by atoms with Crippen LogP contribution in [0.3, 0.4) is 0 Å². The van der Waals surface area contributed by atoms with E-state index in [1.165, 1.54) is 22.3 Å². The summed E-state index contributed by atoms with van der Waals surface area (Å²) < 4.78 is 5.81. The van der Waals surface area contributed by atoms with Crippen molar-refractivity contribution in [3.63, 3.8) is 0 Å². The molecule has 4 aromatic rings. The summed E-state index contributed by atoms with van der Waals surface area (Å²) in [6.07, 6.45) is 7.54. The number of aromatic nitrogens is 2. The van der Waals surface area contributed by atoms with Gasteiger partial charge in [-0.1, -0.05) is 30.3 Å². The number of carbonyl (C=O) groups excluding carboxylic acids is 2. The molecule has 6 rings (SSSR count). The zero-order valence-electron chi connectivity index (χ0n) is 21.8. The molecular weight excluding hydrogens is 476 g/mol. The summed E-state index contributed by atoms with van der Waals surface area (Å²) in [5.74, 6) is -0.129. The van der Waals surface area contributed by atoms with Crippen molar-refractivity contribution < 1.29 is 14.0 Å². The summed E-state index contributed by atoms with van der Waals surface area (Å²) in [6, 6.07) is 15.6. The molecule has 0 radical (unpaired) electrons. The lowest BCUT2D eigenvalue weighted by atomic mass is 9.79. The highest BCUT2D eigenvalue weighted by molar-refractivity contribution is 6.00. The Morgan fingerprint density at radius 3 is 2.66 bits per heavy atom. The topological polar surface area (TPSA) is 88.3 Å². The van der Waals surface area contributed by atoms with E-state index in [0.29, 0.717) is 18.6 Å². The van der Waals surface area contributed by atoms with Crippen LogP contribution in [-0.4, -0.2) is 45.3 Å². The molecule has 3 heterocycles. The zero-order chi connectivity index (χ0) is 26.4. The van der Waals surface area contributed by atoms with Crippen molar-refractivity contribution in [2.75, 3.05) is 7.05 Å². The average molecular weight is 507 g/mol. The maximum absolute atomic E-state index is 14.2. The van der Waals surface area contributed by atoms with Crippen LogP contribution in [0.5, 0.6) is 0 Å². The van der Waals surface area contributed by atoms with Gasteiger partial charge in [0.15, 0.2) is 5.76 Å². The molecule has 2 aliphatic rings. The molecule has 0 unspecified atom stereocenters. The fraction of sp³-hybridized carbons (Fsp3) is 0.290. The highest BCUT2D eigenvalue weighted by Gasteiger charge is 2.49. The first-order valence-corrected chi connectivity index (χ1v) is 13.0. The zero-order valence-corrected chi connectivity index (χ0v) is 21.8. The van der Waals surface area contributed by atoms with Crippen LogP contribution >= 0.6 is 0 Å². The first kappa shape index (κ1) is 24.1. The molecule has 2 aromatic heterocycles. The first-order valence-electron chi connectivity index (χ1n) is 13.0. The lowest BCUT2D eigenvalue weighted by molar-refractivity contribution is -0.126. The van der Waals surface area contributed by atoms with E-state index < -0.39 is 11.6 Å². The minimum atomic E-state index is -0.665. The summed E-state index contributed by atoms with van der Waals surface area (Å²) in [6.45, 7) is 4.08. The van der Waals surface area contributed by atoms with E-state index in [0.717, 1.165) is 35.0 Å². The molecule has 0 fully saturated rings. The van der Waals surface area contributed by atoms with E-state index in [9.17, 15) is 9.59 Å². The molecule has 0 saturated carbocycles. The lowest BCUT2D eigenvalue weighted by Gasteiger charge is -2.47. The number of carbonyl (C=O) groups is 2. The van der Waals surface area contributed by atoms with E-state index >= 15 is 0 Å². The number of hydrogen-bond acceptors (Lipinski definition) is 5. The Bertz CT molecular complexity index is 1600. The average Bonchev–Trinajstić information content (AvgIpc) is 3.56. The predicted octanol–water partition coefficient (Wildman–Crippen LogP) is 4.76. The largest absolute Gasteiger partial charge is 0.459 e. The predicted molar refractivity (Wildman–Crippen MR) is 145 cm³/mol. The van der Waals surface area contributed by atoms with Gasteiger partial charge in [-0.3, -0.25) is 19.6 Å². The number of rotatable bonds is 5. The van der Waals surface area contributed by atoms with Gasteiger partial charge in [0.2, 0.25) is 5.91 Å². The van der Waals surface area contributed by atoms with Crippen LogP contribution in [0.4, 0.5) is 0 Å². The summed E-state index contributed by atoms with van der Waals surface area (Å²) >= 11 is 0. The van der Waals surface area contributed by atoms with Gasteiger partial charge in [0.25, 0.3) is 5.91 Å². The van der Waals surface area contributed by atoms with Crippen LogP contribution in [0.25, 0.3) is 16.6 Å². The molecule has 1 N–H and O–H groups in total. The van der Waals surface area contributed by atoms with Crippen molar-refractivity contribution in [2.45, 2.75) is 51.1 Å². The van der Waals surface area contributed by atoms with Gasteiger partial charge in [-0.25, -0.2) is 0 Å². The second kappa shape index (κ2) is 9.24. The van der Waals surface area contributed by atoms with Crippen molar-refractivity contribution in [1.29, 1.82) is 0 Å².